The maximum Gasteiger partial charge on any atom is 0.310 e. The molecular formula is C19H22FNO4S. The molecule has 0 fully saturated rings. The van der Waals surface area contributed by atoms with Crippen molar-refractivity contribution in [2.24, 2.45) is 5.92 Å². The van der Waals surface area contributed by atoms with Gasteiger partial charge in [0.1, 0.15) is 5.82 Å². The van der Waals surface area contributed by atoms with E-state index in [0.717, 1.165) is 17.7 Å². The van der Waals surface area contributed by atoms with Crippen molar-refractivity contribution in [2.45, 2.75) is 25.2 Å². The van der Waals surface area contributed by atoms with E-state index in [-0.39, 0.29) is 18.0 Å². The Morgan fingerprint density at radius 3 is 2.50 bits per heavy atom. The van der Waals surface area contributed by atoms with Gasteiger partial charge in [0.2, 0.25) is 10.0 Å². The number of hydrogen-bond donors (Lipinski definition) is 1. The van der Waals surface area contributed by atoms with E-state index in [2.05, 4.69) is 4.72 Å². The number of carbonyl (C=O) groups excluding carboxylic acids is 1. The minimum absolute atomic E-state index is 0.0128. The second-order valence-corrected chi connectivity index (χ2v) is 7.64. The lowest BCUT2D eigenvalue weighted by Crippen LogP contribution is -2.35. The molecule has 7 heteroatoms. The first-order valence-electron chi connectivity index (χ1n) is 8.30. The van der Waals surface area contributed by atoms with Crippen LogP contribution in [0, 0.1) is 18.7 Å². The first-order valence-corrected chi connectivity index (χ1v) is 9.78. The van der Waals surface area contributed by atoms with Gasteiger partial charge in [0.25, 0.3) is 0 Å². The Morgan fingerprint density at radius 1 is 1.19 bits per heavy atom. The quantitative estimate of drug-likeness (QED) is 0.716. The van der Waals surface area contributed by atoms with Crippen molar-refractivity contribution >= 4 is 16.0 Å². The number of halogens is 1. The highest BCUT2D eigenvalue weighted by Crippen LogP contribution is 2.17. The average molecular weight is 379 g/mol. The number of sulfonamides is 1. The van der Waals surface area contributed by atoms with Crippen molar-refractivity contribution in [3.8, 4) is 0 Å². The third-order valence-corrected chi connectivity index (χ3v) is 5.47. The summed E-state index contributed by atoms with van der Waals surface area (Å²) >= 11 is 0. The number of nitrogens with one attached hydrogen (secondary N) is 1. The molecule has 0 saturated heterocycles. The summed E-state index contributed by atoms with van der Waals surface area (Å²) in [4.78, 5) is 12.2. The van der Waals surface area contributed by atoms with Crippen LogP contribution in [0.15, 0.2) is 53.4 Å². The lowest BCUT2D eigenvalue weighted by Gasteiger charge is -2.17. The standard InChI is InChI=1S/C19H22FNO4S/c1-3-25-19(22)16(12-15-7-5-4-6-8-15)13-21-26(23,24)18-10-9-17(20)11-14(18)2/h4-11,16,21H,3,12-13H2,1-2H3/t16-/m0/s1. The van der Waals surface area contributed by atoms with Gasteiger partial charge in [-0.05, 0) is 49.6 Å². The summed E-state index contributed by atoms with van der Waals surface area (Å²) in [7, 11) is -3.87. The maximum absolute atomic E-state index is 13.2. The molecule has 0 aliphatic rings. The van der Waals surface area contributed by atoms with E-state index in [1.807, 2.05) is 30.3 Å². The predicted molar refractivity (Wildman–Crippen MR) is 96.6 cm³/mol. The zero-order chi connectivity index (χ0) is 19.2. The Bertz CT molecular complexity index is 853. The largest absolute Gasteiger partial charge is 0.466 e. The smallest absolute Gasteiger partial charge is 0.310 e. The molecule has 26 heavy (non-hydrogen) atoms. The Labute approximate surface area is 153 Å². The fourth-order valence-electron chi connectivity index (χ4n) is 2.60. The molecule has 2 aromatic rings. The molecule has 2 aromatic carbocycles. The van der Waals surface area contributed by atoms with Crippen LogP contribution < -0.4 is 4.72 Å². The predicted octanol–water partition coefficient (Wildman–Crippen LogP) is 2.83. The summed E-state index contributed by atoms with van der Waals surface area (Å²) in [5.74, 6) is -1.63. The zero-order valence-corrected chi connectivity index (χ0v) is 15.6. The highest BCUT2D eigenvalue weighted by Gasteiger charge is 2.24. The number of carbonyl (C=O) groups is 1. The van der Waals surface area contributed by atoms with E-state index in [0.29, 0.717) is 12.0 Å². The molecule has 0 amide bonds. The molecule has 1 N–H and O–H groups in total. The summed E-state index contributed by atoms with van der Waals surface area (Å²) in [5.41, 5.74) is 1.20. The molecule has 0 unspecified atom stereocenters. The Morgan fingerprint density at radius 2 is 1.88 bits per heavy atom. The van der Waals surface area contributed by atoms with E-state index < -0.39 is 27.7 Å². The lowest BCUT2D eigenvalue weighted by molar-refractivity contribution is -0.147. The highest BCUT2D eigenvalue weighted by atomic mass is 32.2. The maximum atomic E-state index is 13.2. The number of ether oxygens (including phenoxy) is 1. The first-order chi connectivity index (χ1) is 12.3. The van der Waals surface area contributed by atoms with Crippen LogP contribution in [0.3, 0.4) is 0 Å². The van der Waals surface area contributed by atoms with E-state index in [4.69, 9.17) is 4.74 Å². The van der Waals surface area contributed by atoms with Crippen molar-refractivity contribution in [1.82, 2.24) is 4.72 Å². The minimum Gasteiger partial charge on any atom is -0.466 e. The van der Waals surface area contributed by atoms with Gasteiger partial charge < -0.3 is 4.74 Å². The molecule has 0 aromatic heterocycles. The van der Waals surface area contributed by atoms with Gasteiger partial charge in [-0.25, -0.2) is 17.5 Å². The van der Waals surface area contributed by atoms with Gasteiger partial charge in [0, 0.05) is 6.54 Å². The number of benzene rings is 2. The zero-order valence-electron chi connectivity index (χ0n) is 14.7. The van der Waals surface area contributed by atoms with Crippen molar-refractivity contribution in [3.05, 3.63) is 65.5 Å². The fraction of sp³-hybridized carbons (Fsp3) is 0.316. The Kier molecular flexibility index (Phi) is 6.88. The van der Waals surface area contributed by atoms with E-state index in [1.165, 1.54) is 13.0 Å². The number of rotatable bonds is 8. The first kappa shape index (κ1) is 20.1. The van der Waals surface area contributed by atoms with Gasteiger partial charge in [-0.2, -0.15) is 0 Å². The van der Waals surface area contributed by atoms with Crippen LogP contribution >= 0.6 is 0 Å². The SMILES string of the molecule is CCOC(=O)[C@H](CNS(=O)(=O)c1ccc(F)cc1C)Cc1ccccc1. The number of hydrogen-bond acceptors (Lipinski definition) is 4. The second-order valence-electron chi connectivity index (χ2n) is 5.90. The molecule has 0 bridgehead atoms. The number of esters is 1. The fourth-order valence-corrected chi connectivity index (χ4v) is 3.91. The summed E-state index contributed by atoms with van der Waals surface area (Å²) in [6, 6.07) is 12.8. The third kappa shape index (κ3) is 5.37. The minimum atomic E-state index is -3.87. The molecule has 0 spiro atoms. The summed E-state index contributed by atoms with van der Waals surface area (Å²) in [5, 5.41) is 0. The molecule has 2 rings (SSSR count). The summed E-state index contributed by atoms with van der Waals surface area (Å²) < 4.78 is 45.7. The topological polar surface area (TPSA) is 72.5 Å². The third-order valence-electron chi connectivity index (χ3n) is 3.89. The molecule has 140 valence electrons. The van der Waals surface area contributed by atoms with Gasteiger partial charge in [-0.3, -0.25) is 4.79 Å². The normalized spacial score (nSPS) is 12.6. The molecule has 0 radical (unpaired) electrons. The molecule has 0 aliphatic carbocycles. The highest BCUT2D eigenvalue weighted by molar-refractivity contribution is 7.89. The van der Waals surface area contributed by atoms with Crippen LogP contribution in [0.4, 0.5) is 4.39 Å². The van der Waals surface area contributed by atoms with Crippen LogP contribution in [0.2, 0.25) is 0 Å². The van der Waals surface area contributed by atoms with Crippen LogP contribution in [-0.2, 0) is 26.0 Å². The van der Waals surface area contributed by atoms with Crippen molar-refractivity contribution in [3.63, 3.8) is 0 Å². The van der Waals surface area contributed by atoms with Crippen LogP contribution in [0.5, 0.6) is 0 Å². The molecule has 1 atom stereocenters. The van der Waals surface area contributed by atoms with Gasteiger partial charge in [-0.15, -0.1) is 0 Å². The average Bonchev–Trinajstić information content (AvgIpc) is 2.59. The Hall–Kier alpha value is -2.25. The van der Waals surface area contributed by atoms with Crippen molar-refractivity contribution in [1.29, 1.82) is 0 Å². The van der Waals surface area contributed by atoms with E-state index in [1.54, 1.807) is 6.92 Å². The van der Waals surface area contributed by atoms with Crippen LogP contribution in [0.25, 0.3) is 0 Å². The molecule has 5 nitrogen and oxygen atoms in total. The van der Waals surface area contributed by atoms with Gasteiger partial charge in [-0.1, -0.05) is 30.3 Å². The van der Waals surface area contributed by atoms with E-state index in [9.17, 15) is 17.6 Å². The molecule has 0 aliphatic heterocycles. The van der Waals surface area contributed by atoms with Crippen molar-refractivity contribution < 1.29 is 22.3 Å². The summed E-state index contributed by atoms with van der Waals surface area (Å²) in [6.07, 6.45) is 0.352. The number of aryl methyl sites for hydroxylation is 1. The second kappa shape index (κ2) is 8.91. The van der Waals surface area contributed by atoms with Crippen molar-refractivity contribution in [2.75, 3.05) is 13.2 Å². The van der Waals surface area contributed by atoms with Gasteiger partial charge >= 0.3 is 5.97 Å². The van der Waals surface area contributed by atoms with Crippen LogP contribution in [-0.4, -0.2) is 27.5 Å². The lowest BCUT2D eigenvalue weighted by atomic mass is 10.00. The van der Waals surface area contributed by atoms with Crippen LogP contribution in [0.1, 0.15) is 18.1 Å². The monoisotopic (exact) mass is 379 g/mol. The summed E-state index contributed by atoms with van der Waals surface area (Å²) in [6.45, 7) is 3.33. The molecule has 0 saturated carbocycles. The van der Waals surface area contributed by atoms with E-state index >= 15 is 0 Å². The molecule has 0 heterocycles. The van der Waals surface area contributed by atoms with Gasteiger partial charge in [0.05, 0.1) is 17.4 Å². The molecular weight excluding hydrogens is 357 g/mol. The van der Waals surface area contributed by atoms with Gasteiger partial charge in [0.15, 0.2) is 0 Å². The Balaban J connectivity index is 2.15.